The molecule has 0 aromatic heterocycles. The molecule has 0 bridgehead atoms. The third-order valence-corrected chi connectivity index (χ3v) is 6.02. The van der Waals surface area contributed by atoms with E-state index < -0.39 is 98.5 Å². The van der Waals surface area contributed by atoms with Gasteiger partial charge < -0.3 is 65.7 Å². The Hall–Kier alpha value is -1.50. The fraction of sp³-hybridized carbons (Fsp3) is 0.900. The maximum atomic E-state index is 12.1. The molecule has 35 heavy (non-hydrogen) atoms. The normalized spacial score (nSPS) is 39.5. The van der Waals surface area contributed by atoms with Gasteiger partial charge in [-0.3, -0.25) is 9.59 Å². The molecule has 15 heteroatoms. The van der Waals surface area contributed by atoms with Crippen LogP contribution in [-0.2, 0) is 23.8 Å². The summed E-state index contributed by atoms with van der Waals surface area (Å²) in [6, 6.07) is -2.32. The first-order valence-corrected chi connectivity index (χ1v) is 11.3. The zero-order valence-corrected chi connectivity index (χ0v) is 19.4. The summed E-state index contributed by atoms with van der Waals surface area (Å²) in [6.07, 6.45) is -15.3. The van der Waals surface area contributed by atoms with Crippen molar-refractivity contribution in [2.24, 2.45) is 0 Å². The van der Waals surface area contributed by atoms with Gasteiger partial charge in [0.25, 0.3) is 0 Å². The quantitative estimate of drug-likeness (QED) is 0.131. The van der Waals surface area contributed by atoms with Gasteiger partial charge in [-0.05, 0) is 13.8 Å². The Morgan fingerprint density at radius 1 is 0.800 bits per heavy atom. The van der Waals surface area contributed by atoms with Gasteiger partial charge in [0.1, 0.15) is 36.6 Å². The van der Waals surface area contributed by atoms with Crippen LogP contribution in [0.15, 0.2) is 0 Å². The second kappa shape index (κ2) is 13.2. The first-order chi connectivity index (χ1) is 16.4. The van der Waals surface area contributed by atoms with Crippen LogP contribution >= 0.6 is 0 Å². The highest BCUT2D eigenvalue weighted by atomic mass is 16.7. The minimum Gasteiger partial charge on any atom is -0.396 e. The lowest BCUT2D eigenvalue weighted by atomic mass is 9.94. The molecule has 2 heterocycles. The number of ether oxygens (including phenoxy) is 3. The van der Waals surface area contributed by atoms with Crippen molar-refractivity contribution in [3.63, 3.8) is 0 Å². The topological polar surface area (TPSA) is 248 Å². The van der Waals surface area contributed by atoms with Gasteiger partial charge in [-0.25, -0.2) is 0 Å². The van der Waals surface area contributed by atoms with Gasteiger partial charge in [0, 0.05) is 26.1 Å². The summed E-state index contributed by atoms with van der Waals surface area (Å²) in [5, 5.41) is 83.8. The Morgan fingerprint density at radius 2 is 1.26 bits per heavy atom. The minimum atomic E-state index is -1.77. The van der Waals surface area contributed by atoms with Crippen LogP contribution in [-0.4, -0.2) is 139 Å². The average Bonchev–Trinajstić information content (AvgIpc) is 2.80. The zero-order valence-electron chi connectivity index (χ0n) is 19.4. The fourth-order valence-corrected chi connectivity index (χ4v) is 3.91. The van der Waals surface area contributed by atoms with E-state index in [1.54, 1.807) is 0 Å². The maximum absolute atomic E-state index is 12.1. The summed E-state index contributed by atoms with van der Waals surface area (Å²) in [4.78, 5) is 24.1. The van der Waals surface area contributed by atoms with E-state index in [0.29, 0.717) is 0 Å². The third kappa shape index (κ3) is 7.27. The van der Waals surface area contributed by atoms with Crippen LogP contribution in [0.3, 0.4) is 0 Å². The van der Waals surface area contributed by atoms with Gasteiger partial charge in [-0.15, -0.1) is 0 Å². The number of rotatable bonds is 10. The second-order valence-corrected chi connectivity index (χ2v) is 8.64. The molecule has 0 aromatic rings. The van der Waals surface area contributed by atoms with Crippen molar-refractivity contribution in [2.45, 2.75) is 100 Å². The summed E-state index contributed by atoms with van der Waals surface area (Å²) in [6.45, 7) is 1.99. The lowest BCUT2D eigenvalue weighted by Gasteiger charge is -2.46. The van der Waals surface area contributed by atoms with Crippen molar-refractivity contribution in [1.29, 1.82) is 0 Å². The summed E-state index contributed by atoms with van der Waals surface area (Å²) in [5.41, 5.74) is 0. The summed E-state index contributed by atoms with van der Waals surface area (Å²) < 4.78 is 16.3. The van der Waals surface area contributed by atoms with E-state index in [2.05, 4.69) is 10.6 Å². The molecule has 2 amide bonds. The highest BCUT2D eigenvalue weighted by Gasteiger charge is 2.50. The lowest BCUT2D eigenvalue weighted by Crippen LogP contribution is -2.68. The molecular formula is C20H36N2O13. The molecule has 204 valence electrons. The van der Waals surface area contributed by atoms with Gasteiger partial charge >= 0.3 is 0 Å². The number of hydrogen-bond acceptors (Lipinski definition) is 13. The van der Waals surface area contributed by atoms with Gasteiger partial charge in [0.05, 0.1) is 24.3 Å². The Balaban J connectivity index is 2.06. The molecule has 0 spiro atoms. The molecule has 15 nitrogen and oxygen atoms in total. The molecule has 0 aliphatic carbocycles. The Kier molecular flexibility index (Phi) is 11.2. The predicted octanol–water partition coefficient (Wildman–Crippen LogP) is -5.61. The van der Waals surface area contributed by atoms with E-state index in [1.807, 2.05) is 0 Å². The number of aliphatic hydroxyl groups excluding tert-OH is 8. The van der Waals surface area contributed by atoms with Crippen LogP contribution in [0, 0.1) is 0 Å². The summed E-state index contributed by atoms with van der Waals surface area (Å²) >= 11 is 0. The molecule has 2 rings (SSSR count). The summed E-state index contributed by atoms with van der Waals surface area (Å²) in [7, 11) is 0. The monoisotopic (exact) mass is 512 g/mol. The SMILES string of the molecule is C[C@H]1O[C@H](O[C@H]2[C@@H](O)[C@H](NC(=O)[C@H](O)CCO)[C@@H](C)O[C@@H]2O)[C@@H](O)[C@@H](O)[C@@H]1NC(=O)[C@H](O)CCO. The number of carbonyl (C=O) groups is 2. The van der Waals surface area contributed by atoms with E-state index in [0.717, 1.165) is 0 Å². The maximum Gasteiger partial charge on any atom is 0.249 e. The van der Waals surface area contributed by atoms with E-state index in [9.17, 15) is 40.2 Å². The minimum absolute atomic E-state index is 0.233. The molecule has 12 atom stereocenters. The first kappa shape index (κ1) is 29.7. The molecule has 2 fully saturated rings. The van der Waals surface area contributed by atoms with Crippen molar-refractivity contribution < 1.29 is 64.7 Å². The number of carbonyl (C=O) groups excluding carboxylic acids is 2. The largest absolute Gasteiger partial charge is 0.396 e. The first-order valence-electron chi connectivity index (χ1n) is 11.3. The van der Waals surface area contributed by atoms with Crippen molar-refractivity contribution >= 4 is 11.8 Å². The van der Waals surface area contributed by atoms with E-state index in [4.69, 9.17) is 24.4 Å². The third-order valence-electron chi connectivity index (χ3n) is 6.02. The van der Waals surface area contributed by atoms with Crippen LogP contribution in [0.2, 0.25) is 0 Å². The zero-order chi connectivity index (χ0) is 26.4. The fourth-order valence-electron chi connectivity index (χ4n) is 3.91. The number of aliphatic hydroxyl groups is 8. The second-order valence-electron chi connectivity index (χ2n) is 8.64. The predicted molar refractivity (Wildman–Crippen MR) is 113 cm³/mol. The number of nitrogens with one attached hydrogen (secondary N) is 2. The Morgan fingerprint density at radius 3 is 1.74 bits per heavy atom. The molecule has 0 saturated carbocycles. The molecule has 0 radical (unpaired) electrons. The Labute approximate surface area is 201 Å². The van der Waals surface area contributed by atoms with Crippen molar-refractivity contribution in [3.05, 3.63) is 0 Å². The van der Waals surface area contributed by atoms with E-state index >= 15 is 0 Å². The molecule has 0 aromatic carbocycles. The lowest BCUT2D eigenvalue weighted by molar-refractivity contribution is -0.339. The van der Waals surface area contributed by atoms with Crippen molar-refractivity contribution in [3.8, 4) is 0 Å². The smallest absolute Gasteiger partial charge is 0.249 e. The Bertz CT molecular complexity index is 700. The van der Waals surface area contributed by atoms with Gasteiger partial charge in [0.2, 0.25) is 11.8 Å². The van der Waals surface area contributed by atoms with Crippen LogP contribution in [0.4, 0.5) is 0 Å². The molecule has 10 N–H and O–H groups in total. The molecule has 2 saturated heterocycles. The average molecular weight is 513 g/mol. The van der Waals surface area contributed by atoms with Crippen LogP contribution in [0.1, 0.15) is 26.7 Å². The highest BCUT2D eigenvalue weighted by Crippen LogP contribution is 2.28. The van der Waals surface area contributed by atoms with E-state index in [1.165, 1.54) is 13.8 Å². The van der Waals surface area contributed by atoms with Crippen LogP contribution < -0.4 is 10.6 Å². The molecule has 0 unspecified atom stereocenters. The number of amides is 2. The summed E-state index contributed by atoms with van der Waals surface area (Å²) in [5.74, 6) is -1.79. The molecule has 2 aliphatic heterocycles. The van der Waals surface area contributed by atoms with Gasteiger partial charge in [-0.2, -0.15) is 0 Å². The number of hydrogen-bond donors (Lipinski definition) is 10. The van der Waals surface area contributed by atoms with Crippen LogP contribution in [0.25, 0.3) is 0 Å². The van der Waals surface area contributed by atoms with Crippen molar-refractivity contribution in [2.75, 3.05) is 13.2 Å². The molecular weight excluding hydrogens is 476 g/mol. The highest BCUT2D eigenvalue weighted by molar-refractivity contribution is 5.81. The van der Waals surface area contributed by atoms with Gasteiger partial charge in [-0.1, -0.05) is 0 Å². The molecule has 2 aliphatic rings. The van der Waals surface area contributed by atoms with Crippen LogP contribution in [0.5, 0.6) is 0 Å². The standard InChI is InChI=1S/C20H36N2O13/c1-7-12(22-18(31)10(26)4-6-24)14(28)16(19(32)33-7)35-20-15(29)13(27)11(8(2)34-20)21-17(30)9(25)3-5-23/h7-16,19-20,23-29,32H,3-6H2,1-2H3,(H,21,30)(H,22,31)/t7-,8-,9-,10-,11-,12-,13+,14+,15+,16+,19+,20-/m1/s1. The van der Waals surface area contributed by atoms with E-state index in [-0.39, 0.29) is 12.8 Å². The van der Waals surface area contributed by atoms with Gasteiger partial charge in [0.15, 0.2) is 12.6 Å². The van der Waals surface area contributed by atoms with Crippen molar-refractivity contribution in [1.82, 2.24) is 10.6 Å².